The standard InChI is InChI=1S/C26H27ClN2O4/c1-26(2)13-19-22(20(30)14-26)21(15-5-7-16(27)8-6-15)23(25(31)33-4)24(28)29(19)17-9-11-18(32-3)12-10-17/h5-12,21H,13-14,28H2,1-4H3/t21-/m1/s1. The van der Waals surface area contributed by atoms with Crippen LogP contribution in [0.15, 0.2) is 71.2 Å². The Bertz CT molecular complexity index is 1160. The highest BCUT2D eigenvalue weighted by molar-refractivity contribution is 6.30. The van der Waals surface area contributed by atoms with Crippen molar-refractivity contribution in [3.05, 3.63) is 81.8 Å². The zero-order valence-corrected chi connectivity index (χ0v) is 19.9. The maximum Gasteiger partial charge on any atom is 0.338 e. The molecule has 0 saturated heterocycles. The van der Waals surface area contributed by atoms with Gasteiger partial charge in [-0.1, -0.05) is 37.6 Å². The van der Waals surface area contributed by atoms with Crippen molar-refractivity contribution < 1.29 is 19.1 Å². The lowest BCUT2D eigenvalue weighted by atomic mass is 9.68. The Hall–Kier alpha value is -3.25. The van der Waals surface area contributed by atoms with Crippen molar-refractivity contribution >= 4 is 29.0 Å². The summed E-state index contributed by atoms with van der Waals surface area (Å²) in [6.07, 6.45) is 1.00. The van der Waals surface area contributed by atoms with Crippen LogP contribution in [0.5, 0.6) is 5.75 Å². The maximum absolute atomic E-state index is 13.6. The molecule has 1 heterocycles. The van der Waals surface area contributed by atoms with E-state index in [1.807, 2.05) is 41.3 Å². The number of anilines is 1. The van der Waals surface area contributed by atoms with Crippen molar-refractivity contribution in [1.29, 1.82) is 0 Å². The van der Waals surface area contributed by atoms with Gasteiger partial charge < -0.3 is 15.2 Å². The van der Waals surface area contributed by atoms with Gasteiger partial charge in [0.05, 0.1) is 25.7 Å². The largest absolute Gasteiger partial charge is 0.497 e. The highest BCUT2D eigenvalue weighted by Crippen LogP contribution is 2.50. The van der Waals surface area contributed by atoms with Crippen LogP contribution in [0.4, 0.5) is 5.69 Å². The Morgan fingerprint density at radius 3 is 2.27 bits per heavy atom. The number of ether oxygens (including phenoxy) is 2. The Kier molecular flexibility index (Phi) is 5.97. The van der Waals surface area contributed by atoms with E-state index < -0.39 is 11.9 Å². The summed E-state index contributed by atoms with van der Waals surface area (Å²) in [4.78, 5) is 28.4. The molecule has 2 aromatic carbocycles. The molecule has 0 fully saturated rings. The summed E-state index contributed by atoms with van der Waals surface area (Å²) in [7, 11) is 2.91. The van der Waals surface area contributed by atoms with Crippen LogP contribution in [-0.4, -0.2) is 26.0 Å². The lowest BCUT2D eigenvalue weighted by molar-refractivity contribution is -0.136. The minimum absolute atomic E-state index is 0.00591. The molecule has 0 radical (unpaired) electrons. The quantitative estimate of drug-likeness (QED) is 0.643. The topological polar surface area (TPSA) is 81.9 Å². The van der Waals surface area contributed by atoms with Gasteiger partial charge in [-0.05, 0) is 53.8 Å². The normalized spacial score (nSPS) is 20.0. The number of carbonyl (C=O) groups is 2. The fourth-order valence-electron chi connectivity index (χ4n) is 4.73. The molecule has 2 aromatic rings. The molecule has 1 aliphatic carbocycles. The fourth-order valence-corrected chi connectivity index (χ4v) is 4.86. The number of halogens is 1. The van der Waals surface area contributed by atoms with Gasteiger partial charge in [-0.3, -0.25) is 9.69 Å². The number of rotatable bonds is 4. The van der Waals surface area contributed by atoms with E-state index >= 15 is 0 Å². The van der Waals surface area contributed by atoms with E-state index in [0.29, 0.717) is 29.2 Å². The Morgan fingerprint density at radius 2 is 1.70 bits per heavy atom. The van der Waals surface area contributed by atoms with Crippen LogP contribution in [0.2, 0.25) is 5.02 Å². The van der Waals surface area contributed by atoms with Gasteiger partial charge in [-0.15, -0.1) is 0 Å². The number of esters is 1. The highest BCUT2D eigenvalue weighted by atomic mass is 35.5. The van der Waals surface area contributed by atoms with Crippen molar-refractivity contribution in [1.82, 2.24) is 0 Å². The predicted molar refractivity (Wildman–Crippen MR) is 128 cm³/mol. The number of ketones is 1. The summed E-state index contributed by atoms with van der Waals surface area (Å²) in [6, 6.07) is 14.5. The van der Waals surface area contributed by atoms with Gasteiger partial charge in [0.15, 0.2) is 5.78 Å². The van der Waals surface area contributed by atoms with E-state index in [2.05, 4.69) is 13.8 Å². The SMILES string of the molecule is COC(=O)C1=C(N)N(c2ccc(OC)cc2)C2=C(C(=O)CC(C)(C)C2)[C@H]1c1ccc(Cl)cc1. The smallest absolute Gasteiger partial charge is 0.338 e. The van der Waals surface area contributed by atoms with Crippen molar-refractivity contribution in [3.63, 3.8) is 0 Å². The molecule has 6 nitrogen and oxygen atoms in total. The summed E-state index contributed by atoms with van der Waals surface area (Å²) < 4.78 is 10.4. The van der Waals surface area contributed by atoms with Gasteiger partial charge >= 0.3 is 5.97 Å². The average molecular weight is 467 g/mol. The first-order valence-electron chi connectivity index (χ1n) is 10.7. The number of nitrogens with zero attached hydrogens (tertiary/aromatic N) is 1. The molecule has 0 aromatic heterocycles. The number of hydrogen-bond donors (Lipinski definition) is 1. The first-order chi connectivity index (χ1) is 15.7. The van der Waals surface area contributed by atoms with E-state index in [4.69, 9.17) is 26.8 Å². The van der Waals surface area contributed by atoms with Crippen LogP contribution in [-0.2, 0) is 14.3 Å². The minimum atomic E-state index is -0.636. The molecule has 0 saturated carbocycles. The summed E-state index contributed by atoms with van der Waals surface area (Å²) in [5.74, 6) is -0.275. The van der Waals surface area contributed by atoms with E-state index in [-0.39, 0.29) is 22.6 Å². The zero-order valence-electron chi connectivity index (χ0n) is 19.1. The molecule has 4 rings (SSSR count). The predicted octanol–water partition coefficient (Wildman–Crippen LogP) is 4.94. The first kappa shape index (κ1) is 22.9. The molecule has 0 spiro atoms. The van der Waals surface area contributed by atoms with E-state index in [0.717, 1.165) is 16.9 Å². The summed E-state index contributed by atoms with van der Waals surface area (Å²) in [5.41, 5.74) is 9.55. The van der Waals surface area contributed by atoms with Gasteiger partial charge in [0, 0.05) is 28.4 Å². The number of methoxy groups -OCH3 is 2. The number of allylic oxidation sites excluding steroid dienone is 2. The third kappa shape index (κ3) is 4.11. The molecule has 0 amide bonds. The zero-order chi connectivity index (χ0) is 23.9. The van der Waals surface area contributed by atoms with E-state index in [1.165, 1.54) is 7.11 Å². The third-order valence-corrected chi connectivity index (χ3v) is 6.45. The number of Topliss-reactive ketones (excluding diaryl/α,β-unsaturated/α-hetero) is 1. The van der Waals surface area contributed by atoms with Crippen LogP contribution >= 0.6 is 11.6 Å². The number of nitrogens with two attached hydrogens (primary N) is 1. The summed E-state index contributed by atoms with van der Waals surface area (Å²) >= 11 is 6.11. The lowest BCUT2D eigenvalue weighted by Crippen LogP contribution is -2.43. The highest BCUT2D eigenvalue weighted by Gasteiger charge is 2.46. The number of benzene rings is 2. The van der Waals surface area contributed by atoms with Crippen LogP contribution in [0.3, 0.4) is 0 Å². The Labute approximate surface area is 198 Å². The van der Waals surface area contributed by atoms with Crippen LogP contribution < -0.4 is 15.4 Å². The molecule has 1 atom stereocenters. The van der Waals surface area contributed by atoms with E-state index in [9.17, 15) is 9.59 Å². The molecule has 2 aliphatic rings. The maximum atomic E-state index is 13.6. The van der Waals surface area contributed by atoms with Gasteiger partial charge in [-0.2, -0.15) is 0 Å². The van der Waals surface area contributed by atoms with Crippen LogP contribution in [0.25, 0.3) is 0 Å². The molecular formula is C26H27ClN2O4. The number of hydrogen-bond acceptors (Lipinski definition) is 6. The fraction of sp³-hybridized carbons (Fsp3) is 0.308. The average Bonchev–Trinajstić information content (AvgIpc) is 2.78. The second kappa shape index (κ2) is 8.60. The third-order valence-electron chi connectivity index (χ3n) is 6.20. The number of carbonyl (C=O) groups excluding carboxylic acids is 2. The van der Waals surface area contributed by atoms with Crippen molar-refractivity contribution in [2.75, 3.05) is 19.1 Å². The van der Waals surface area contributed by atoms with Gasteiger partial charge in [-0.25, -0.2) is 4.79 Å². The summed E-state index contributed by atoms with van der Waals surface area (Å²) in [5, 5.41) is 0.566. The lowest BCUT2D eigenvalue weighted by Gasteiger charge is -2.44. The first-order valence-corrected chi connectivity index (χ1v) is 11.1. The minimum Gasteiger partial charge on any atom is -0.497 e. The Morgan fingerprint density at radius 1 is 1.06 bits per heavy atom. The second-order valence-corrected chi connectivity index (χ2v) is 9.55. The molecule has 33 heavy (non-hydrogen) atoms. The summed E-state index contributed by atoms with van der Waals surface area (Å²) in [6.45, 7) is 4.13. The molecule has 172 valence electrons. The van der Waals surface area contributed by atoms with Crippen LogP contribution in [0, 0.1) is 5.41 Å². The van der Waals surface area contributed by atoms with E-state index in [1.54, 1.807) is 19.2 Å². The molecule has 0 unspecified atom stereocenters. The molecule has 0 bridgehead atoms. The van der Waals surface area contributed by atoms with Crippen molar-refractivity contribution in [2.45, 2.75) is 32.6 Å². The van der Waals surface area contributed by atoms with Gasteiger partial charge in [0.25, 0.3) is 0 Å². The molecule has 1 aliphatic heterocycles. The second-order valence-electron chi connectivity index (χ2n) is 9.11. The monoisotopic (exact) mass is 466 g/mol. The van der Waals surface area contributed by atoms with Gasteiger partial charge in [0.1, 0.15) is 11.6 Å². The van der Waals surface area contributed by atoms with Crippen LogP contribution in [0.1, 0.15) is 38.2 Å². The molecule has 7 heteroatoms. The molecular weight excluding hydrogens is 440 g/mol. The van der Waals surface area contributed by atoms with Gasteiger partial charge in [0.2, 0.25) is 0 Å². The molecule has 2 N–H and O–H groups in total. The van der Waals surface area contributed by atoms with Crippen molar-refractivity contribution in [2.24, 2.45) is 11.1 Å². The Balaban J connectivity index is 2.00. The van der Waals surface area contributed by atoms with Crippen molar-refractivity contribution in [3.8, 4) is 5.75 Å².